The fourth-order valence-corrected chi connectivity index (χ4v) is 4.12. The molecule has 1 N–H and O–H groups in total. The summed E-state index contributed by atoms with van der Waals surface area (Å²) in [5.74, 6) is 0.745. The van der Waals surface area contributed by atoms with E-state index in [1.165, 1.54) is 32.1 Å². The molecule has 1 aliphatic heterocycles. The summed E-state index contributed by atoms with van der Waals surface area (Å²) in [4.78, 5) is 26.6. The smallest absolute Gasteiger partial charge is 0.225 e. The van der Waals surface area contributed by atoms with Gasteiger partial charge in [0.2, 0.25) is 11.8 Å². The van der Waals surface area contributed by atoms with Crippen LogP contribution in [0, 0.1) is 17.3 Å². The van der Waals surface area contributed by atoms with Crippen LogP contribution in [0.5, 0.6) is 0 Å². The summed E-state index contributed by atoms with van der Waals surface area (Å²) in [6.07, 6.45) is 10.3. The molecular weight excluding hydrogens is 276 g/mol. The van der Waals surface area contributed by atoms with Gasteiger partial charge in [0, 0.05) is 25.6 Å². The summed E-state index contributed by atoms with van der Waals surface area (Å²) in [5.41, 5.74) is 0.378. The van der Waals surface area contributed by atoms with Gasteiger partial charge >= 0.3 is 0 Å². The lowest BCUT2D eigenvalue weighted by atomic mass is 9.66. The van der Waals surface area contributed by atoms with Crippen molar-refractivity contribution in [2.24, 2.45) is 17.3 Å². The van der Waals surface area contributed by atoms with Gasteiger partial charge in [-0.05, 0) is 50.4 Å². The molecule has 2 aliphatic carbocycles. The molecule has 3 rings (SSSR count). The van der Waals surface area contributed by atoms with Crippen molar-refractivity contribution >= 4 is 11.8 Å². The van der Waals surface area contributed by atoms with E-state index < -0.39 is 0 Å². The third kappa shape index (κ3) is 3.47. The van der Waals surface area contributed by atoms with Crippen molar-refractivity contribution in [2.45, 2.75) is 64.7 Å². The fraction of sp³-hybridized carbons (Fsp3) is 0.889. The number of carbonyl (C=O) groups is 2. The molecule has 3 fully saturated rings. The first-order valence-corrected chi connectivity index (χ1v) is 9.20. The first-order valence-electron chi connectivity index (χ1n) is 9.20. The van der Waals surface area contributed by atoms with Gasteiger partial charge in [-0.25, -0.2) is 0 Å². The highest BCUT2D eigenvalue weighted by molar-refractivity contribution is 5.83. The Bertz CT molecular complexity index is 427. The number of amides is 2. The maximum Gasteiger partial charge on any atom is 0.225 e. The zero-order valence-corrected chi connectivity index (χ0v) is 13.9. The minimum absolute atomic E-state index is 0.00945. The van der Waals surface area contributed by atoms with Crippen molar-refractivity contribution in [3.8, 4) is 0 Å². The van der Waals surface area contributed by atoms with Gasteiger partial charge in [0.25, 0.3) is 0 Å². The maximum absolute atomic E-state index is 12.5. The molecule has 22 heavy (non-hydrogen) atoms. The normalized spacial score (nSPS) is 27.1. The van der Waals surface area contributed by atoms with Crippen molar-refractivity contribution in [3.05, 3.63) is 0 Å². The lowest BCUT2D eigenvalue weighted by molar-refractivity contribution is -0.137. The van der Waals surface area contributed by atoms with E-state index in [9.17, 15) is 9.59 Å². The van der Waals surface area contributed by atoms with Crippen molar-refractivity contribution in [3.63, 3.8) is 0 Å². The SMILES string of the molecule is CCCC1(CNC(=O)C2CCCN(C(=O)C3CC3)C2)CCC1. The van der Waals surface area contributed by atoms with Gasteiger partial charge in [0.05, 0.1) is 5.92 Å². The summed E-state index contributed by atoms with van der Waals surface area (Å²) in [5, 5.41) is 3.21. The lowest BCUT2D eigenvalue weighted by Gasteiger charge is -2.42. The van der Waals surface area contributed by atoms with Crippen LogP contribution in [0.3, 0.4) is 0 Å². The summed E-state index contributed by atoms with van der Waals surface area (Å²) < 4.78 is 0. The van der Waals surface area contributed by atoms with Crippen molar-refractivity contribution in [2.75, 3.05) is 19.6 Å². The molecule has 0 spiro atoms. The van der Waals surface area contributed by atoms with Crippen LogP contribution in [0.4, 0.5) is 0 Å². The van der Waals surface area contributed by atoms with Crippen LogP contribution in [0.25, 0.3) is 0 Å². The Morgan fingerprint density at radius 3 is 2.50 bits per heavy atom. The van der Waals surface area contributed by atoms with Crippen molar-refractivity contribution in [1.82, 2.24) is 10.2 Å². The number of piperidine rings is 1. The second-order valence-electron chi connectivity index (χ2n) is 7.72. The van der Waals surface area contributed by atoms with Crippen LogP contribution in [0.15, 0.2) is 0 Å². The van der Waals surface area contributed by atoms with E-state index in [2.05, 4.69) is 12.2 Å². The monoisotopic (exact) mass is 306 g/mol. The first kappa shape index (κ1) is 15.8. The van der Waals surface area contributed by atoms with Gasteiger partial charge in [-0.1, -0.05) is 19.8 Å². The molecule has 2 amide bonds. The highest BCUT2D eigenvalue weighted by Gasteiger charge is 2.39. The largest absolute Gasteiger partial charge is 0.355 e. The van der Waals surface area contributed by atoms with E-state index in [1.54, 1.807) is 0 Å². The van der Waals surface area contributed by atoms with Crippen molar-refractivity contribution < 1.29 is 9.59 Å². The number of rotatable bonds is 6. The van der Waals surface area contributed by atoms with Crippen LogP contribution in [0.2, 0.25) is 0 Å². The maximum atomic E-state index is 12.5. The molecule has 4 nitrogen and oxygen atoms in total. The Morgan fingerprint density at radius 2 is 1.91 bits per heavy atom. The molecule has 4 heteroatoms. The fourth-order valence-electron chi connectivity index (χ4n) is 4.12. The summed E-state index contributed by atoms with van der Waals surface area (Å²) >= 11 is 0. The van der Waals surface area contributed by atoms with Gasteiger partial charge in [-0.2, -0.15) is 0 Å². The molecule has 124 valence electrons. The standard InChI is InChI=1S/C18H30N2O2/c1-2-8-18(9-4-10-18)13-19-16(21)15-5-3-11-20(12-15)17(22)14-6-7-14/h14-15H,2-13H2,1H3,(H,19,21). The predicted molar refractivity (Wildman–Crippen MR) is 86.2 cm³/mol. The van der Waals surface area contributed by atoms with Crippen LogP contribution in [-0.2, 0) is 9.59 Å². The van der Waals surface area contributed by atoms with Crippen LogP contribution >= 0.6 is 0 Å². The lowest BCUT2D eigenvalue weighted by Crippen LogP contribution is -2.49. The van der Waals surface area contributed by atoms with E-state index in [0.717, 1.165) is 38.8 Å². The molecule has 0 aromatic carbocycles. The Morgan fingerprint density at radius 1 is 1.14 bits per heavy atom. The molecule has 1 atom stereocenters. The van der Waals surface area contributed by atoms with Gasteiger partial charge in [-0.15, -0.1) is 0 Å². The molecule has 3 aliphatic rings. The van der Waals surface area contributed by atoms with E-state index in [4.69, 9.17) is 0 Å². The van der Waals surface area contributed by atoms with Gasteiger partial charge in [0.15, 0.2) is 0 Å². The Balaban J connectivity index is 1.48. The molecule has 0 radical (unpaired) electrons. The van der Waals surface area contributed by atoms with E-state index in [-0.39, 0.29) is 17.7 Å². The van der Waals surface area contributed by atoms with Gasteiger partial charge < -0.3 is 10.2 Å². The highest BCUT2D eigenvalue weighted by Crippen LogP contribution is 2.44. The zero-order chi connectivity index (χ0) is 15.6. The van der Waals surface area contributed by atoms with Gasteiger partial charge in [0.1, 0.15) is 0 Å². The van der Waals surface area contributed by atoms with Crippen LogP contribution < -0.4 is 5.32 Å². The third-order valence-electron chi connectivity index (χ3n) is 5.86. The number of hydrogen-bond donors (Lipinski definition) is 1. The average molecular weight is 306 g/mol. The molecule has 1 unspecified atom stereocenters. The molecule has 2 saturated carbocycles. The first-order chi connectivity index (χ1) is 10.6. The van der Waals surface area contributed by atoms with Gasteiger partial charge in [-0.3, -0.25) is 9.59 Å². The van der Waals surface area contributed by atoms with E-state index >= 15 is 0 Å². The van der Waals surface area contributed by atoms with Crippen molar-refractivity contribution in [1.29, 1.82) is 0 Å². The quantitative estimate of drug-likeness (QED) is 0.820. The molecule has 0 bridgehead atoms. The minimum Gasteiger partial charge on any atom is -0.355 e. The van der Waals surface area contributed by atoms with E-state index in [1.807, 2.05) is 4.90 Å². The Kier molecular flexibility index (Phi) is 4.74. The Labute approximate surface area is 134 Å². The number of carbonyl (C=O) groups excluding carboxylic acids is 2. The average Bonchev–Trinajstić information content (AvgIpc) is 3.33. The molecule has 1 heterocycles. The van der Waals surface area contributed by atoms with Crippen LogP contribution in [-0.4, -0.2) is 36.3 Å². The minimum atomic E-state index is 0.00945. The number of hydrogen-bond acceptors (Lipinski definition) is 2. The number of nitrogens with one attached hydrogen (secondary N) is 1. The topological polar surface area (TPSA) is 49.4 Å². The van der Waals surface area contributed by atoms with Crippen LogP contribution in [0.1, 0.15) is 64.7 Å². The second kappa shape index (κ2) is 6.59. The molecule has 0 aromatic rings. The summed E-state index contributed by atoms with van der Waals surface area (Å²) in [6.45, 7) is 4.55. The summed E-state index contributed by atoms with van der Waals surface area (Å²) in [6, 6.07) is 0. The molecule has 1 saturated heterocycles. The third-order valence-corrected chi connectivity index (χ3v) is 5.86. The highest BCUT2D eigenvalue weighted by atomic mass is 16.2. The molecule has 0 aromatic heterocycles. The zero-order valence-electron chi connectivity index (χ0n) is 13.9. The summed E-state index contributed by atoms with van der Waals surface area (Å²) in [7, 11) is 0. The van der Waals surface area contributed by atoms with E-state index in [0.29, 0.717) is 17.9 Å². The Hall–Kier alpha value is -1.06. The number of likely N-dealkylation sites (tertiary alicyclic amines) is 1. The predicted octanol–water partition coefficient (Wildman–Crippen LogP) is 2.72. The number of nitrogens with zero attached hydrogens (tertiary/aromatic N) is 1. The molecular formula is C18H30N2O2. The second-order valence-corrected chi connectivity index (χ2v) is 7.72.